The molecule has 0 spiro atoms. The third-order valence-electron chi connectivity index (χ3n) is 8.78. The normalized spacial score (nSPS) is 27.4. The van der Waals surface area contributed by atoms with E-state index in [1.165, 1.54) is 15.8 Å². The number of allylic oxidation sites excluding steroid dienone is 2. The zero-order chi connectivity index (χ0) is 24.4. The van der Waals surface area contributed by atoms with Crippen LogP contribution in [-0.4, -0.2) is 33.2 Å². The van der Waals surface area contributed by atoms with Gasteiger partial charge in [0.2, 0.25) is 0 Å². The van der Waals surface area contributed by atoms with Gasteiger partial charge in [-0.1, -0.05) is 87.5 Å². The average Bonchev–Trinajstić information content (AvgIpc) is 3.16. The topological polar surface area (TPSA) is 27.7 Å². The van der Waals surface area contributed by atoms with Crippen LogP contribution in [0, 0.1) is 17.8 Å². The van der Waals surface area contributed by atoms with Crippen LogP contribution in [0.5, 0.6) is 0 Å². The Morgan fingerprint density at radius 3 is 1.85 bits per heavy atom. The smallest absolute Gasteiger partial charge is 0.407 e. The molecule has 1 saturated heterocycles. The summed E-state index contributed by atoms with van der Waals surface area (Å²) in [5, 5.41) is 2.70. The third kappa shape index (κ3) is 3.76. The maximum Gasteiger partial charge on any atom is 0.490 e. The van der Waals surface area contributed by atoms with Gasteiger partial charge in [0, 0.05) is 6.61 Å². The second-order valence-corrected chi connectivity index (χ2v) is 16.7. The molecule has 5 heteroatoms. The standard InChI is InChI=1S/C29H39BO3Si/c1-27(2,3)34(21-14-10-8-11-15-21,22-16-12-9-13-17-22)31-20-24-23-18-19-25(26(23)24)30-32-28(4,5)29(6,7)33-30/h8-17,19,23-24,26H,18,20H2,1-7H3/t23-,24+,26-/m1/s1. The van der Waals surface area contributed by atoms with E-state index < -0.39 is 8.32 Å². The van der Waals surface area contributed by atoms with Crippen LogP contribution in [0.2, 0.25) is 5.04 Å². The summed E-state index contributed by atoms with van der Waals surface area (Å²) in [4.78, 5) is 0. The monoisotopic (exact) mass is 474 g/mol. The van der Waals surface area contributed by atoms with E-state index in [-0.39, 0.29) is 23.4 Å². The SMILES string of the molecule is CC1(C)OB(C2=CC[C@@H]3[C@H](CO[Si](c4ccccc4)(c4ccccc4)C(C)(C)C)[C@H]23)OC1(C)C. The summed E-state index contributed by atoms with van der Waals surface area (Å²) >= 11 is 0. The van der Waals surface area contributed by atoms with E-state index in [9.17, 15) is 0 Å². The Labute approximate surface area is 207 Å². The maximum absolute atomic E-state index is 7.25. The minimum Gasteiger partial charge on any atom is -0.407 e. The molecule has 0 N–H and O–H groups in total. The number of hydrogen-bond donors (Lipinski definition) is 0. The average molecular weight is 475 g/mol. The second-order valence-electron chi connectivity index (χ2n) is 12.4. The molecular formula is C29H39BO3Si. The van der Waals surface area contributed by atoms with Crippen molar-refractivity contribution in [1.82, 2.24) is 0 Å². The first-order chi connectivity index (χ1) is 16.0. The van der Waals surface area contributed by atoms with Crippen LogP contribution in [0.15, 0.2) is 72.2 Å². The van der Waals surface area contributed by atoms with Crippen LogP contribution >= 0.6 is 0 Å². The van der Waals surface area contributed by atoms with E-state index in [0.29, 0.717) is 17.8 Å². The molecule has 2 aromatic carbocycles. The molecule has 180 valence electrons. The minimum atomic E-state index is -2.50. The summed E-state index contributed by atoms with van der Waals surface area (Å²) in [7, 11) is -2.73. The van der Waals surface area contributed by atoms with Crippen LogP contribution in [0.3, 0.4) is 0 Å². The highest BCUT2D eigenvalue weighted by atomic mass is 28.4. The number of rotatable bonds is 6. The number of hydrogen-bond acceptors (Lipinski definition) is 3. The van der Waals surface area contributed by atoms with Gasteiger partial charge in [-0.3, -0.25) is 0 Å². The quantitative estimate of drug-likeness (QED) is 0.526. The van der Waals surface area contributed by atoms with Gasteiger partial charge in [0.05, 0.1) is 11.2 Å². The fourth-order valence-electron chi connectivity index (χ4n) is 6.11. The lowest BCUT2D eigenvalue weighted by molar-refractivity contribution is 0.00578. The highest BCUT2D eigenvalue weighted by Crippen LogP contribution is 2.60. The summed E-state index contributed by atoms with van der Waals surface area (Å²) in [5.41, 5.74) is 0.749. The molecule has 3 aliphatic rings. The highest BCUT2D eigenvalue weighted by molar-refractivity contribution is 6.99. The van der Waals surface area contributed by atoms with Crippen molar-refractivity contribution in [2.24, 2.45) is 17.8 Å². The van der Waals surface area contributed by atoms with Gasteiger partial charge in [0.1, 0.15) is 0 Å². The van der Waals surface area contributed by atoms with Gasteiger partial charge in [0.25, 0.3) is 8.32 Å². The summed E-state index contributed by atoms with van der Waals surface area (Å²) < 4.78 is 20.1. The Kier molecular flexibility index (Phi) is 5.80. The first kappa shape index (κ1) is 24.1. The third-order valence-corrected chi connectivity index (χ3v) is 13.8. The van der Waals surface area contributed by atoms with Crippen LogP contribution in [-0.2, 0) is 13.7 Å². The molecule has 1 heterocycles. The summed E-state index contributed by atoms with van der Waals surface area (Å²) in [6.45, 7) is 16.4. The molecule has 3 nitrogen and oxygen atoms in total. The van der Waals surface area contributed by atoms with Gasteiger partial charge in [0.15, 0.2) is 0 Å². The van der Waals surface area contributed by atoms with Crippen LogP contribution in [0.1, 0.15) is 54.9 Å². The summed E-state index contributed by atoms with van der Waals surface area (Å²) in [6.07, 6.45) is 3.48. The van der Waals surface area contributed by atoms with Gasteiger partial charge < -0.3 is 13.7 Å². The van der Waals surface area contributed by atoms with Gasteiger partial charge in [-0.2, -0.15) is 0 Å². The van der Waals surface area contributed by atoms with Gasteiger partial charge in [-0.05, 0) is 72.8 Å². The molecular weight excluding hydrogens is 435 g/mol. The van der Waals surface area contributed by atoms with E-state index in [1.807, 2.05) is 0 Å². The lowest BCUT2D eigenvalue weighted by Gasteiger charge is -2.43. The van der Waals surface area contributed by atoms with E-state index in [0.717, 1.165) is 13.0 Å². The van der Waals surface area contributed by atoms with Crippen molar-refractivity contribution >= 4 is 25.8 Å². The fraction of sp³-hybridized carbons (Fsp3) is 0.517. The Morgan fingerprint density at radius 1 is 0.882 bits per heavy atom. The second kappa shape index (κ2) is 8.19. The predicted molar refractivity (Wildman–Crippen MR) is 143 cm³/mol. The molecule has 0 aromatic heterocycles. The van der Waals surface area contributed by atoms with Crippen LogP contribution < -0.4 is 10.4 Å². The molecule has 5 rings (SSSR count). The molecule has 0 bridgehead atoms. The van der Waals surface area contributed by atoms with E-state index >= 15 is 0 Å². The zero-order valence-electron chi connectivity index (χ0n) is 21.8. The molecule has 2 fully saturated rings. The highest BCUT2D eigenvalue weighted by Gasteiger charge is 2.62. The number of benzene rings is 2. The van der Waals surface area contributed by atoms with E-state index in [2.05, 4.69) is 115 Å². The molecule has 34 heavy (non-hydrogen) atoms. The zero-order valence-corrected chi connectivity index (χ0v) is 22.8. The molecule has 0 unspecified atom stereocenters. The van der Waals surface area contributed by atoms with Crippen LogP contribution in [0.25, 0.3) is 0 Å². The minimum absolute atomic E-state index is 0.00407. The first-order valence-corrected chi connectivity index (χ1v) is 14.7. The number of fused-ring (bicyclic) bond motifs is 1. The molecule has 0 amide bonds. The lowest BCUT2D eigenvalue weighted by atomic mass is 9.75. The first-order valence-electron chi connectivity index (χ1n) is 12.8. The predicted octanol–water partition coefficient (Wildman–Crippen LogP) is 5.39. The lowest BCUT2D eigenvalue weighted by Crippen LogP contribution is -2.66. The Morgan fingerprint density at radius 2 is 1.38 bits per heavy atom. The van der Waals surface area contributed by atoms with E-state index in [4.69, 9.17) is 13.7 Å². The van der Waals surface area contributed by atoms with Crippen molar-refractivity contribution in [3.63, 3.8) is 0 Å². The molecule has 1 saturated carbocycles. The fourth-order valence-corrected chi connectivity index (χ4v) is 10.7. The van der Waals surface area contributed by atoms with Crippen molar-refractivity contribution < 1.29 is 13.7 Å². The molecule has 2 aromatic rings. The van der Waals surface area contributed by atoms with E-state index in [1.54, 1.807) is 0 Å². The Hall–Kier alpha value is -1.66. The van der Waals surface area contributed by atoms with Crippen LogP contribution in [0.4, 0.5) is 0 Å². The van der Waals surface area contributed by atoms with Crippen molar-refractivity contribution in [3.8, 4) is 0 Å². The molecule has 1 aliphatic heterocycles. The van der Waals surface area contributed by atoms with Gasteiger partial charge >= 0.3 is 7.12 Å². The van der Waals surface area contributed by atoms with Crippen molar-refractivity contribution in [3.05, 3.63) is 72.2 Å². The van der Waals surface area contributed by atoms with Gasteiger partial charge in [-0.15, -0.1) is 0 Å². The molecule has 0 radical (unpaired) electrons. The summed E-state index contributed by atoms with van der Waals surface area (Å²) in [5.74, 6) is 1.72. The van der Waals surface area contributed by atoms with Crippen molar-refractivity contribution in [2.45, 2.75) is 71.1 Å². The Bertz CT molecular complexity index is 1000. The molecule has 3 atom stereocenters. The maximum atomic E-state index is 7.25. The Balaban J connectivity index is 1.40. The largest absolute Gasteiger partial charge is 0.490 e. The molecule has 2 aliphatic carbocycles. The van der Waals surface area contributed by atoms with Crippen molar-refractivity contribution in [1.29, 1.82) is 0 Å². The van der Waals surface area contributed by atoms with Crippen molar-refractivity contribution in [2.75, 3.05) is 6.61 Å². The summed E-state index contributed by atoms with van der Waals surface area (Å²) in [6, 6.07) is 21.9. The van der Waals surface area contributed by atoms with Gasteiger partial charge in [-0.25, -0.2) is 0 Å².